The average molecular weight is 532 g/mol. The fourth-order valence-electron chi connectivity index (χ4n) is 5.42. The highest BCUT2D eigenvalue weighted by Gasteiger charge is 2.32. The highest BCUT2D eigenvalue weighted by atomic mass is 16.7. The number of hydrogen-bond acceptors (Lipinski definition) is 9. The van der Waals surface area contributed by atoms with Crippen LogP contribution in [0, 0.1) is 0 Å². The van der Waals surface area contributed by atoms with Gasteiger partial charge in [-0.1, -0.05) is 19.1 Å². The number of hydrogen-bond donors (Lipinski definition) is 1. The summed E-state index contributed by atoms with van der Waals surface area (Å²) in [6, 6.07) is 13.9. The molecule has 6 rings (SSSR count). The van der Waals surface area contributed by atoms with Crippen LogP contribution >= 0.6 is 0 Å². The smallest absolute Gasteiger partial charge is 0.253 e. The lowest BCUT2D eigenvalue weighted by molar-refractivity contribution is 0.0984. The van der Waals surface area contributed by atoms with Crippen molar-refractivity contribution >= 4 is 10.9 Å². The van der Waals surface area contributed by atoms with Gasteiger partial charge >= 0.3 is 0 Å². The van der Waals surface area contributed by atoms with Crippen LogP contribution in [0.5, 0.6) is 11.5 Å². The number of fused-ring (bicyclic) bond motifs is 2. The zero-order valence-corrected chi connectivity index (χ0v) is 22.3. The lowest BCUT2D eigenvalue weighted by atomic mass is 10.0. The van der Waals surface area contributed by atoms with Crippen LogP contribution in [-0.2, 0) is 24.2 Å². The van der Waals surface area contributed by atoms with E-state index in [2.05, 4.69) is 61.5 Å². The predicted octanol–water partition coefficient (Wildman–Crippen LogP) is 2.36. The van der Waals surface area contributed by atoms with Gasteiger partial charge in [-0.3, -0.25) is 14.6 Å². The minimum absolute atomic E-state index is 0.124. The number of ether oxygens (including phenoxy) is 3. The lowest BCUT2D eigenvalue weighted by Gasteiger charge is -2.38. The Labute approximate surface area is 226 Å². The number of aryl methyl sites for hydroxylation is 1. The summed E-state index contributed by atoms with van der Waals surface area (Å²) >= 11 is 0. The van der Waals surface area contributed by atoms with E-state index < -0.39 is 0 Å². The van der Waals surface area contributed by atoms with Crippen molar-refractivity contribution in [1.29, 1.82) is 0 Å². The van der Waals surface area contributed by atoms with Gasteiger partial charge in [-0.2, -0.15) is 0 Å². The molecule has 1 fully saturated rings. The zero-order valence-electron chi connectivity index (χ0n) is 22.3. The highest BCUT2D eigenvalue weighted by molar-refractivity contribution is 5.80. The van der Waals surface area contributed by atoms with Gasteiger partial charge in [-0.05, 0) is 63.7 Å². The van der Waals surface area contributed by atoms with E-state index >= 15 is 0 Å². The van der Waals surface area contributed by atoms with Crippen LogP contribution in [0.15, 0.2) is 47.3 Å². The van der Waals surface area contributed by atoms with Crippen molar-refractivity contribution < 1.29 is 14.2 Å². The fraction of sp³-hybridized carbons (Fsp3) is 0.429. The predicted molar refractivity (Wildman–Crippen MR) is 145 cm³/mol. The van der Waals surface area contributed by atoms with Crippen LogP contribution in [0.1, 0.15) is 35.5 Å². The van der Waals surface area contributed by atoms with E-state index in [9.17, 15) is 4.79 Å². The molecule has 2 aromatic carbocycles. The zero-order chi connectivity index (χ0) is 26.8. The number of pyridine rings is 1. The first-order valence-corrected chi connectivity index (χ1v) is 13.4. The first kappa shape index (κ1) is 25.5. The molecule has 204 valence electrons. The van der Waals surface area contributed by atoms with Crippen LogP contribution in [0.4, 0.5) is 0 Å². The molecule has 0 saturated carbocycles. The maximum Gasteiger partial charge on any atom is 0.253 e. The second-order valence-corrected chi connectivity index (χ2v) is 9.98. The molecule has 1 saturated heterocycles. The number of aromatic amines is 1. The monoisotopic (exact) mass is 531 g/mol. The van der Waals surface area contributed by atoms with Gasteiger partial charge in [0.25, 0.3) is 5.56 Å². The average Bonchev–Trinajstić information content (AvgIpc) is 3.62. The molecule has 1 N–H and O–H groups in total. The Balaban J connectivity index is 1.28. The summed E-state index contributed by atoms with van der Waals surface area (Å²) in [5, 5.41) is 13.6. The van der Waals surface area contributed by atoms with Crippen molar-refractivity contribution in [2.24, 2.45) is 0 Å². The number of tetrazole rings is 1. The Morgan fingerprint density at radius 2 is 1.85 bits per heavy atom. The number of nitrogens with one attached hydrogen (secondary N) is 1. The second kappa shape index (κ2) is 11.1. The Morgan fingerprint density at radius 3 is 2.67 bits per heavy atom. The number of H-pyrrole nitrogens is 1. The molecule has 4 heterocycles. The topological polar surface area (TPSA) is 111 Å². The molecule has 2 aliphatic heterocycles. The van der Waals surface area contributed by atoms with Gasteiger partial charge < -0.3 is 19.2 Å². The van der Waals surface area contributed by atoms with E-state index in [1.165, 1.54) is 11.1 Å². The summed E-state index contributed by atoms with van der Waals surface area (Å²) in [7, 11) is 1.65. The quantitative estimate of drug-likeness (QED) is 0.348. The number of nitrogens with zero attached hydrogens (tertiary/aromatic N) is 6. The molecular weight excluding hydrogens is 498 g/mol. The van der Waals surface area contributed by atoms with E-state index in [-0.39, 0.29) is 18.4 Å². The molecular formula is C28H33N7O4. The van der Waals surface area contributed by atoms with E-state index in [0.29, 0.717) is 24.5 Å². The van der Waals surface area contributed by atoms with Gasteiger partial charge in [-0.15, -0.1) is 5.10 Å². The SMILES string of the molecule is CCc1ccc2[nH]c(=O)c([C@H](c3nnnn3CCOC)N3CCN(Cc4ccc5c(c4)OCO5)CC3)cc2c1. The van der Waals surface area contributed by atoms with Crippen molar-refractivity contribution in [1.82, 2.24) is 35.0 Å². The normalized spacial score (nSPS) is 16.7. The summed E-state index contributed by atoms with van der Waals surface area (Å²) < 4.78 is 18.0. The van der Waals surface area contributed by atoms with Crippen LogP contribution in [0.2, 0.25) is 0 Å². The molecule has 2 aromatic heterocycles. The van der Waals surface area contributed by atoms with Crippen molar-refractivity contribution in [3.8, 4) is 11.5 Å². The minimum Gasteiger partial charge on any atom is -0.454 e. The van der Waals surface area contributed by atoms with E-state index in [0.717, 1.165) is 61.5 Å². The van der Waals surface area contributed by atoms with Crippen molar-refractivity contribution in [3.63, 3.8) is 0 Å². The highest BCUT2D eigenvalue weighted by Crippen LogP contribution is 2.33. The molecule has 0 aliphatic carbocycles. The number of methoxy groups -OCH3 is 1. The van der Waals surface area contributed by atoms with Gasteiger partial charge in [0.05, 0.1) is 13.2 Å². The molecule has 11 nitrogen and oxygen atoms in total. The third-order valence-corrected chi connectivity index (χ3v) is 7.57. The van der Waals surface area contributed by atoms with Gasteiger partial charge in [-0.25, -0.2) is 4.68 Å². The van der Waals surface area contributed by atoms with Gasteiger partial charge in [0.15, 0.2) is 17.3 Å². The number of aromatic nitrogens is 5. The number of benzene rings is 2. The van der Waals surface area contributed by atoms with E-state index in [4.69, 9.17) is 14.2 Å². The molecule has 0 spiro atoms. The lowest BCUT2D eigenvalue weighted by Crippen LogP contribution is -2.48. The maximum atomic E-state index is 13.5. The third-order valence-electron chi connectivity index (χ3n) is 7.57. The summed E-state index contributed by atoms with van der Waals surface area (Å²) in [6.07, 6.45) is 0.925. The molecule has 0 amide bonds. The molecule has 39 heavy (non-hydrogen) atoms. The minimum atomic E-state index is -0.386. The number of piperazine rings is 1. The molecule has 0 unspecified atom stereocenters. The standard InChI is InChI=1S/C28H33N7O4/c1-3-19-4-6-23-21(14-19)16-22(28(36)29-23)26(27-30-31-32-35(27)12-13-37-2)34-10-8-33(9-11-34)17-20-5-7-24-25(15-20)39-18-38-24/h4-7,14-16,26H,3,8-13,17-18H2,1-2H3,(H,29,36)/t26-/m1/s1. The summed E-state index contributed by atoms with van der Waals surface area (Å²) in [4.78, 5) is 21.3. The first-order valence-electron chi connectivity index (χ1n) is 13.4. The summed E-state index contributed by atoms with van der Waals surface area (Å²) in [5.41, 5.74) is 3.76. The van der Waals surface area contributed by atoms with E-state index in [1.807, 2.05) is 18.2 Å². The fourth-order valence-corrected chi connectivity index (χ4v) is 5.42. The Bertz CT molecular complexity index is 1510. The maximum absolute atomic E-state index is 13.5. The Morgan fingerprint density at radius 1 is 1.03 bits per heavy atom. The van der Waals surface area contributed by atoms with Crippen molar-refractivity contribution in [2.45, 2.75) is 32.5 Å². The van der Waals surface area contributed by atoms with Gasteiger partial charge in [0.1, 0.15) is 6.04 Å². The molecule has 11 heteroatoms. The Kier molecular flexibility index (Phi) is 7.27. The molecule has 4 aromatic rings. The molecule has 0 radical (unpaired) electrons. The van der Waals surface area contributed by atoms with Crippen LogP contribution in [0.3, 0.4) is 0 Å². The second-order valence-electron chi connectivity index (χ2n) is 9.98. The summed E-state index contributed by atoms with van der Waals surface area (Å²) in [5.74, 6) is 2.24. The van der Waals surface area contributed by atoms with Gasteiger partial charge in [0, 0.05) is 50.9 Å². The molecule has 2 aliphatic rings. The van der Waals surface area contributed by atoms with Crippen molar-refractivity contribution in [3.05, 3.63) is 75.3 Å². The summed E-state index contributed by atoms with van der Waals surface area (Å²) in [6.45, 7) is 7.41. The van der Waals surface area contributed by atoms with Crippen molar-refractivity contribution in [2.75, 3.05) is 46.7 Å². The van der Waals surface area contributed by atoms with Crippen LogP contribution in [-0.4, -0.2) is 81.7 Å². The molecule has 1 atom stereocenters. The largest absolute Gasteiger partial charge is 0.454 e. The van der Waals surface area contributed by atoms with Gasteiger partial charge in [0.2, 0.25) is 6.79 Å². The van der Waals surface area contributed by atoms with E-state index in [1.54, 1.807) is 11.8 Å². The third kappa shape index (κ3) is 5.25. The van der Waals surface area contributed by atoms with Crippen LogP contribution < -0.4 is 15.0 Å². The number of rotatable bonds is 9. The molecule has 0 bridgehead atoms. The van der Waals surface area contributed by atoms with Crippen LogP contribution in [0.25, 0.3) is 10.9 Å². The Hall–Kier alpha value is -3.80. The first-order chi connectivity index (χ1) is 19.1.